The smallest absolute Gasteiger partial charge is 0.189 e. The number of nitrogens with zero attached hydrogens (tertiary/aromatic N) is 4. The monoisotopic (exact) mass is 331 g/mol. The largest absolute Gasteiger partial charge is 0.381 e. The minimum Gasteiger partial charge on any atom is -0.381 e. The second-order valence-corrected chi connectivity index (χ2v) is 6.10. The summed E-state index contributed by atoms with van der Waals surface area (Å²) < 4.78 is 5.66. The molecule has 8 nitrogen and oxygen atoms in total. The van der Waals surface area contributed by atoms with Gasteiger partial charge in [0.2, 0.25) is 0 Å². The number of nitrogens with one attached hydrogen (secondary N) is 3. The summed E-state index contributed by atoms with van der Waals surface area (Å²) in [6.07, 6.45) is 1.67. The molecule has 1 aliphatic heterocycles. The van der Waals surface area contributed by atoms with Crippen molar-refractivity contribution >= 4 is 28.0 Å². The highest BCUT2D eigenvalue weighted by Crippen LogP contribution is 2.23. The van der Waals surface area contributed by atoms with Gasteiger partial charge in [0.15, 0.2) is 10.9 Å². The molecule has 120 valence electrons. The number of morpholine rings is 1. The molecule has 1 atom stereocenters. The Balaban J connectivity index is 1.64. The fraction of sp³-hybridized carbons (Fsp3) is 0.429. The summed E-state index contributed by atoms with van der Waals surface area (Å²) in [5.74, 6) is 0.583. The zero-order valence-corrected chi connectivity index (χ0v) is 13.5. The summed E-state index contributed by atoms with van der Waals surface area (Å²) in [4.78, 5) is 4.67. The summed E-state index contributed by atoms with van der Waals surface area (Å²) in [5.41, 5.74) is 1.71. The fourth-order valence-corrected chi connectivity index (χ4v) is 2.78. The molecule has 1 unspecified atom stereocenters. The van der Waals surface area contributed by atoms with Crippen LogP contribution in [0.5, 0.6) is 0 Å². The van der Waals surface area contributed by atoms with Gasteiger partial charge >= 0.3 is 0 Å². The van der Waals surface area contributed by atoms with Crippen LogP contribution in [-0.4, -0.2) is 47.5 Å². The molecule has 0 bridgehead atoms. The molecule has 3 heterocycles. The molecule has 2 aromatic heterocycles. The van der Waals surface area contributed by atoms with Crippen molar-refractivity contribution in [1.29, 1.82) is 5.26 Å². The van der Waals surface area contributed by atoms with Crippen LogP contribution in [0.15, 0.2) is 12.3 Å². The Morgan fingerprint density at radius 3 is 3.17 bits per heavy atom. The van der Waals surface area contributed by atoms with E-state index in [0.29, 0.717) is 22.4 Å². The molecule has 3 rings (SSSR count). The van der Waals surface area contributed by atoms with Gasteiger partial charge in [-0.2, -0.15) is 10.4 Å². The first-order chi connectivity index (χ1) is 11.2. The van der Waals surface area contributed by atoms with E-state index in [1.807, 2.05) is 13.0 Å². The van der Waals surface area contributed by atoms with Crippen LogP contribution < -0.4 is 16.0 Å². The molecule has 0 aliphatic carbocycles. The van der Waals surface area contributed by atoms with Gasteiger partial charge in [-0.15, -0.1) is 5.10 Å². The maximum Gasteiger partial charge on any atom is 0.189 e. The first kappa shape index (κ1) is 15.6. The van der Waals surface area contributed by atoms with E-state index in [1.54, 1.807) is 0 Å². The van der Waals surface area contributed by atoms with Crippen molar-refractivity contribution < 1.29 is 4.74 Å². The van der Waals surface area contributed by atoms with E-state index in [9.17, 15) is 0 Å². The zero-order valence-electron chi connectivity index (χ0n) is 12.7. The highest BCUT2D eigenvalue weighted by molar-refractivity contribution is 7.16. The molecule has 1 fully saturated rings. The molecule has 2 aromatic rings. The molecule has 0 amide bonds. The van der Waals surface area contributed by atoms with Gasteiger partial charge < -0.3 is 20.7 Å². The van der Waals surface area contributed by atoms with Crippen LogP contribution in [0.1, 0.15) is 10.6 Å². The van der Waals surface area contributed by atoms with Crippen LogP contribution in [-0.2, 0) is 4.74 Å². The van der Waals surface area contributed by atoms with Crippen LogP contribution in [0.2, 0.25) is 0 Å². The van der Waals surface area contributed by atoms with Gasteiger partial charge in [0.1, 0.15) is 10.9 Å². The van der Waals surface area contributed by atoms with Crippen LogP contribution in [0.25, 0.3) is 0 Å². The van der Waals surface area contributed by atoms with Crippen molar-refractivity contribution in [3.8, 4) is 6.07 Å². The Morgan fingerprint density at radius 1 is 1.52 bits per heavy atom. The number of aromatic nitrogens is 3. The van der Waals surface area contributed by atoms with Gasteiger partial charge in [0.25, 0.3) is 0 Å². The SMILES string of the molecule is Cc1nnc(Nc2ncc(C#N)s2)cc1NCC1CNCCO1. The Morgan fingerprint density at radius 2 is 2.43 bits per heavy atom. The summed E-state index contributed by atoms with van der Waals surface area (Å²) in [6, 6.07) is 3.94. The lowest BCUT2D eigenvalue weighted by Gasteiger charge is -2.24. The highest BCUT2D eigenvalue weighted by atomic mass is 32.1. The van der Waals surface area contributed by atoms with E-state index in [-0.39, 0.29) is 6.10 Å². The average Bonchev–Trinajstić information content (AvgIpc) is 3.04. The third kappa shape index (κ3) is 4.13. The average molecular weight is 331 g/mol. The molecule has 3 N–H and O–H groups in total. The van der Waals surface area contributed by atoms with Crippen molar-refractivity contribution in [3.63, 3.8) is 0 Å². The van der Waals surface area contributed by atoms with E-state index in [1.165, 1.54) is 17.5 Å². The number of hydrogen-bond donors (Lipinski definition) is 3. The minimum absolute atomic E-state index is 0.143. The van der Waals surface area contributed by atoms with Crippen LogP contribution in [0, 0.1) is 18.3 Å². The number of nitriles is 1. The van der Waals surface area contributed by atoms with E-state index < -0.39 is 0 Å². The summed E-state index contributed by atoms with van der Waals surface area (Å²) in [7, 11) is 0. The van der Waals surface area contributed by atoms with Gasteiger partial charge in [-0.3, -0.25) is 0 Å². The van der Waals surface area contributed by atoms with Gasteiger partial charge in [0.05, 0.1) is 30.3 Å². The van der Waals surface area contributed by atoms with E-state index in [0.717, 1.165) is 31.1 Å². The predicted octanol–water partition coefficient (Wildman–Crippen LogP) is 1.26. The Labute approximate surface area is 137 Å². The third-order valence-corrected chi connectivity index (χ3v) is 4.17. The van der Waals surface area contributed by atoms with Crippen LogP contribution in [0.3, 0.4) is 0 Å². The number of thiazole rings is 1. The molecule has 23 heavy (non-hydrogen) atoms. The second kappa shape index (κ2) is 7.32. The topological polar surface area (TPSA) is 108 Å². The quantitative estimate of drug-likeness (QED) is 0.751. The van der Waals surface area contributed by atoms with Crippen molar-refractivity contribution in [1.82, 2.24) is 20.5 Å². The molecule has 9 heteroatoms. The Bertz CT molecular complexity index is 705. The lowest BCUT2D eigenvalue weighted by Crippen LogP contribution is -2.42. The molecule has 0 saturated carbocycles. The van der Waals surface area contributed by atoms with Crippen LogP contribution in [0.4, 0.5) is 16.6 Å². The van der Waals surface area contributed by atoms with Crippen molar-refractivity contribution in [2.24, 2.45) is 0 Å². The third-order valence-electron chi connectivity index (χ3n) is 3.35. The molecular weight excluding hydrogens is 314 g/mol. The van der Waals surface area contributed by atoms with Crippen molar-refractivity contribution in [2.45, 2.75) is 13.0 Å². The van der Waals surface area contributed by atoms with Gasteiger partial charge in [-0.05, 0) is 6.92 Å². The molecule has 1 saturated heterocycles. The molecule has 0 spiro atoms. The molecule has 0 aromatic carbocycles. The van der Waals surface area contributed by atoms with Crippen LogP contribution >= 0.6 is 11.3 Å². The summed E-state index contributed by atoms with van der Waals surface area (Å²) >= 11 is 1.27. The fourth-order valence-electron chi connectivity index (χ4n) is 2.16. The lowest BCUT2D eigenvalue weighted by molar-refractivity contribution is 0.0372. The van der Waals surface area contributed by atoms with Gasteiger partial charge in [0, 0.05) is 25.7 Å². The number of hydrogen-bond acceptors (Lipinski definition) is 9. The highest BCUT2D eigenvalue weighted by Gasteiger charge is 2.14. The first-order valence-corrected chi connectivity index (χ1v) is 8.09. The Kier molecular flexibility index (Phi) is 4.97. The lowest BCUT2D eigenvalue weighted by atomic mass is 10.2. The predicted molar refractivity (Wildman–Crippen MR) is 88.0 cm³/mol. The number of anilines is 3. The number of ether oxygens (including phenoxy) is 1. The number of aryl methyl sites for hydroxylation is 1. The molecular formula is C14H17N7OS. The second-order valence-electron chi connectivity index (χ2n) is 5.07. The van der Waals surface area contributed by atoms with E-state index >= 15 is 0 Å². The van der Waals surface area contributed by atoms with E-state index in [4.69, 9.17) is 10.00 Å². The summed E-state index contributed by atoms with van der Waals surface area (Å²) in [6.45, 7) is 5.08. The van der Waals surface area contributed by atoms with Crippen molar-refractivity contribution in [2.75, 3.05) is 36.9 Å². The maximum atomic E-state index is 8.83. The minimum atomic E-state index is 0.143. The molecule has 0 radical (unpaired) electrons. The van der Waals surface area contributed by atoms with Gasteiger partial charge in [-0.25, -0.2) is 4.98 Å². The summed E-state index contributed by atoms with van der Waals surface area (Å²) in [5, 5.41) is 27.4. The Hall–Kier alpha value is -2.28. The van der Waals surface area contributed by atoms with E-state index in [2.05, 4.69) is 37.2 Å². The van der Waals surface area contributed by atoms with Gasteiger partial charge in [-0.1, -0.05) is 11.3 Å². The standard InChI is InChI=1S/C14H17N7OS/c1-9-12(17-7-10-6-16-2-3-22-10)4-13(21-20-9)19-14-18-8-11(5-15)23-14/h4,8,10,16H,2-3,6-7H2,1H3,(H2,17,18,19,21). The number of rotatable bonds is 5. The zero-order chi connectivity index (χ0) is 16.1. The maximum absolute atomic E-state index is 8.83. The first-order valence-electron chi connectivity index (χ1n) is 7.28. The normalized spacial score (nSPS) is 17.5. The molecule has 1 aliphatic rings. The van der Waals surface area contributed by atoms with Crippen molar-refractivity contribution in [3.05, 3.63) is 22.8 Å².